The summed E-state index contributed by atoms with van der Waals surface area (Å²) >= 11 is 5.76. The summed E-state index contributed by atoms with van der Waals surface area (Å²) < 4.78 is 5.30. The van der Waals surface area contributed by atoms with Crippen LogP contribution in [0.3, 0.4) is 0 Å². The van der Waals surface area contributed by atoms with Gasteiger partial charge in [0.25, 0.3) is 5.91 Å². The van der Waals surface area contributed by atoms with Crippen molar-refractivity contribution in [3.63, 3.8) is 0 Å². The second-order valence-electron chi connectivity index (χ2n) is 4.52. The van der Waals surface area contributed by atoms with Crippen LogP contribution in [0.25, 0.3) is 0 Å². The zero-order valence-electron chi connectivity index (χ0n) is 11.9. The molecule has 2 aromatic carbocycles. The van der Waals surface area contributed by atoms with E-state index < -0.39 is 0 Å². The highest BCUT2D eigenvalue weighted by atomic mass is 35.5. The lowest BCUT2D eigenvalue weighted by atomic mass is 10.1. The molecule has 114 valence electrons. The van der Waals surface area contributed by atoms with Crippen molar-refractivity contribution in [1.82, 2.24) is 5.43 Å². The van der Waals surface area contributed by atoms with Gasteiger partial charge in [0, 0.05) is 5.02 Å². The number of halogens is 1. The predicted molar refractivity (Wildman–Crippen MR) is 85.4 cm³/mol. The molecule has 0 saturated heterocycles. The molecule has 0 aliphatic carbocycles. The van der Waals surface area contributed by atoms with Crippen molar-refractivity contribution < 1.29 is 14.6 Å². The third-order valence-corrected chi connectivity index (χ3v) is 3.07. The summed E-state index contributed by atoms with van der Waals surface area (Å²) in [6.45, 7) is 1.61. The monoisotopic (exact) mass is 318 g/mol. The van der Waals surface area contributed by atoms with E-state index in [4.69, 9.17) is 16.3 Å². The van der Waals surface area contributed by atoms with Gasteiger partial charge in [-0.25, -0.2) is 5.43 Å². The minimum Gasteiger partial charge on any atom is -0.508 e. The highest BCUT2D eigenvalue weighted by Gasteiger charge is 2.03. The molecule has 5 nitrogen and oxygen atoms in total. The Morgan fingerprint density at radius 1 is 1.18 bits per heavy atom. The first-order valence-corrected chi connectivity index (χ1v) is 6.93. The molecule has 0 radical (unpaired) electrons. The molecule has 0 heterocycles. The van der Waals surface area contributed by atoms with Crippen molar-refractivity contribution in [1.29, 1.82) is 0 Å². The molecule has 0 atom stereocenters. The maximum Gasteiger partial charge on any atom is 0.277 e. The highest BCUT2D eigenvalue weighted by Crippen LogP contribution is 2.15. The van der Waals surface area contributed by atoms with Crippen molar-refractivity contribution in [3.8, 4) is 11.5 Å². The Morgan fingerprint density at radius 2 is 1.82 bits per heavy atom. The van der Waals surface area contributed by atoms with Crippen LogP contribution in [0.2, 0.25) is 5.02 Å². The Labute approximate surface area is 133 Å². The average molecular weight is 319 g/mol. The Balaban J connectivity index is 1.85. The van der Waals surface area contributed by atoms with Gasteiger partial charge in [-0.2, -0.15) is 5.10 Å². The first-order chi connectivity index (χ1) is 10.5. The predicted octanol–water partition coefficient (Wildman–Crippen LogP) is 2.96. The number of rotatable bonds is 5. The van der Waals surface area contributed by atoms with E-state index in [2.05, 4.69) is 10.5 Å². The molecule has 2 aromatic rings. The lowest BCUT2D eigenvalue weighted by molar-refractivity contribution is -0.123. The summed E-state index contributed by atoms with van der Waals surface area (Å²) in [6.07, 6.45) is 0. The number of carbonyl (C=O) groups is 1. The minimum atomic E-state index is -0.368. The van der Waals surface area contributed by atoms with Gasteiger partial charge < -0.3 is 9.84 Å². The van der Waals surface area contributed by atoms with E-state index in [0.717, 1.165) is 5.56 Å². The Kier molecular flexibility index (Phi) is 5.38. The van der Waals surface area contributed by atoms with E-state index in [9.17, 15) is 9.90 Å². The Bertz CT molecular complexity index is 667. The first-order valence-electron chi connectivity index (χ1n) is 6.55. The summed E-state index contributed by atoms with van der Waals surface area (Å²) in [5.41, 5.74) is 3.84. The standard InChI is InChI=1S/C16H15ClN2O3/c1-11(12-2-6-14(20)7-3-12)18-19-16(21)10-22-15-8-4-13(17)5-9-15/h2-9,20H,10H2,1H3,(H,19,21)/b18-11+. The van der Waals surface area contributed by atoms with Crippen LogP contribution in [-0.4, -0.2) is 23.3 Å². The molecule has 2 N–H and O–H groups in total. The van der Waals surface area contributed by atoms with Crippen LogP contribution < -0.4 is 10.2 Å². The number of carbonyl (C=O) groups excluding carboxylic acids is 1. The number of nitrogens with zero attached hydrogens (tertiary/aromatic N) is 1. The molecule has 6 heteroatoms. The van der Waals surface area contributed by atoms with Crippen molar-refractivity contribution >= 4 is 23.2 Å². The van der Waals surface area contributed by atoms with Crippen LogP contribution in [0.5, 0.6) is 11.5 Å². The van der Waals surface area contributed by atoms with Crippen molar-refractivity contribution in [3.05, 3.63) is 59.1 Å². The van der Waals surface area contributed by atoms with Gasteiger partial charge in [0.1, 0.15) is 11.5 Å². The molecule has 0 spiro atoms. The van der Waals surface area contributed by atoms with E-state index in [1.54, 1.807) is 55.5 Å². The lowest BCUT2D eigenvalue weighted by Crippen LogP contribution is -2.25. The van der Waals surface area contributed by atoms with Crippen molar-refractivity contribution in [2.45, 2.75) is 6.92 Å². The van der Waals surface area contributed by atoms with Gasteiger partial charge in [0.05, 0.1) is 5.71 Å². The van der Waals surface area contributed by atoms with Gasteiger partial charge in [-0.3, -0.25) is 4.79 Å². The molecule has 0 bridgehead atoms. The zero-order chi connectivity index (χ0) is 15.9. The SMILES string of the molecule is C/C(=N\NC(=O)COc1ccc(Cl)cc1)c1ccc(O)cc1. The molecular weight excluding hydrogens is 304 g/mol. The lowest BCUT2D eigenvalue weighted by Gasteiger charge is -2.06. The zero-order valence-corrected chi connectivity index (χ0v) is 12.7. The summed E-state index contributed by atoms with van der Waals surface area (Å²) in [7, 11) is 0. The largest absolute Gasteiger partial charge is 0.508 e. The number of hydrogen-bond donors (Lipinski definition) is 2. The number of hydrogen-bond acceptors (Lipinski definition) is 4. The fourth-order valence-electron chi connectivity index (χ4n) is 1.63. The number of amides is 1. The summed E-state index contributed by atoms with van der Waals surface area (Å²) in [6, 6.07) is 13.3. The summed E-state index contributed by atoms with van der Waals surface area (Å²) in [5.74, 6) is 0.365. The molecule has 22 heavy (non-hydrogen) atoms. The van der Waals surface area contributed by atoms with Crippen LogP contribution in [0.15, 0.2) is 53.6 Å². The minimum absolute atomic E-state index is 0.145. The smallest absolute Gasteiger partial charge is 0.277 e. The number of aromatic hydroxyl groups is 1. The molecule has 0 aliphatic heterocycles. The van der Waals surface area contributed by atoms with Gasteiger partial charge in [-0.15, -0.1) is 0 Å². The summed E-state index contributed by atoms with van der Waals surface area (Å²) in [4.78, 5) is 11.7. The molecule has 1 amide bonds. The van der Waals surface area contributed by atoms with E-state index in [1.165, 1.54) is 0 Å². The number of phenolic OH excluding ortho intramolecular Hbond substituents is 1. The Morgan fingerprint density at radius 3 is 2.45 bits per heavy atom. The summed E-state index contributed by atoms with van der Waals surface area (Å²) in [5, 5.41) is 13.8. The van der Waals surface area contributed by atoms with Gasteiger partial charge in [-0.05, 0) is 61.0 Å². The maximum absolute atomic E-state index is 11.7. The molecule has 0 saturated carbocycles. The van der Waals surface area contributed by atoms with Gasteiger partial charge in [0.2, 0.25) is 0 Å². The number of ether oxygens (including phenoxy) is 1. The van der Waals surface area contributed by atoms with E-state index in [-0.39, 0.29) is 18.3 Å². The van der Waals surface area contributed by atoms with Crippen LogP contribution in [0.1, 0.15) is 12.5 Å². The second-order valence-corrected chi connectivity index (χ2v) is 4.96. The first kappa shape index (κ1) is 15.9. The molecule has 0 fully saturated rings. The van der Waals surface area contributed by atoms with Crippen molar-refractivity contribution in [2.75, 3.05) is 6.61 Å². The molecule has 0 unspecified atom stereocenters. The van der Waals surface area contributed by atoms with E-state index >= 15 is 0 Å². The van der Waals surface area contributed by atoms with E-state index in [1.807, 2.05) is 0 Å². The quantitative estimate of drug-likeness (QED) is 0.657. The molecule has 0 aromatic heterocycles. The number of phenols is 1. The third kappa shape index (κ3) is 4.79. The van der Waals surface area contributed by atoms with Crippen LogP contribution in [-0.2, 0) is 4.79 Å². The third-order valence-electron chi connectivity index (χ3n) is 2.82. The fourth-order valence-corrected chi connectivity index (χ4v) is 1.75. The topological polar surface area (TPSA) is 70.9 Å². The fraction of sp³-hybridized carbons (Fsp3) is 0.125. The number of nitrogens with one attached hydrogen (secondary N) is 1. The van der Waals surface area contributed by atoms with Gasteiger partial charge in [0.15, 0.2) is 6.61 Å². The maximum atomic E-state index is 11.7. The normalized spacial score (nSPS) is 11.1. The van der Waals surface area contributed by atoms with Crippen molar-refractivity contribution in [2.24, 2.45) is 5.10 Å². The van der Waals surface area contributed by atoms with Crippen LogP contribution in [0.4, 0.5) is 0 Å². The van der Waals surface area contributed by atoms with Crippen LogP contribution >= 0.6 is 11.6 Å². The highest BCUT2D eigenvalue weighted by molar-refractivity contribution is 6.30. The number of benzene rings is 2. The average Bonchev–Trinajstić information content (AvgIpc) is 2.52. The van der Waals surface area contributed by atoms with Crippen LogP contribution in [0, 0.1) is 0 Å². The molecule has 0 aliphatic rings. The second kappa shape index (κ2) is 7.47. The van der Waals surface area contributed by atoms with Gasteiger partial charge in [-0.1, -0.05) is 11.6 Å². The molecule has 2 rings (SSSR count). The van der Waals surface area contributed by atoms with E-state index in [0.29, 0.717) is 16.5 Å². The van der Waals surface area contributed by atoms with Gasteiger partial charge >= 0.3 is 0 Å². The molecular formula is C16H15ClN2O3. The Hall–Kier alpha value is -2.53. The number of hydrazone groups is 1.